The van der Waals surface area contributed by atoms with Crippen molar-refractivity contribution < 1.29 is 24.5 Å². The monoisotopic (exact) mass is 852 g/mol. The minimum Gasteiger partial charge on any atom is -0.458 e. The molecule has 6 nitrogen and oxygen atoms in total. The van der Waals surface area contributed by atoms with Crippen LogP contribution in [0.4, 0.5) is 0 Å². The van der Waals surface area contributed by atoms with Crippen molar-refractivity contribution in [1.82, 2.24) is 5.32 Å². The van der Waals surface area contributed by atoms with Gasteiger partial charge in [0.25, 0.3) is 0 Å². The molecule has 0 bridgehead atoms. The summed E-state index contributed by atoms with van der Waals surface area (Å²) in [5, 5.41) is 23.7. The van der Waals surface area contributed by atoms with Crippen LogP contribution < -0.4 is 5.32 Å². The van der Waals surface area contributed by atoms with Crippen LogP contribution in [0.3, 0.4) is 0 Å². The molecule has 0 saturated carbocycles. The predicted molar refractivity (Wildman–Crippen MR) is 264 cm³/mol. The molecule has 0 aliphatic carbocycles. The van der Waals surface area contributed by atoms with Gasteiger partial charge < -0.3 is 20.3 Å². The van der Waals surface area contributed by atoms with E-state index < -0.39 is 18.2 Å². The summed E-state index contributed by atoms with van der Waals surface area (Å²) in [4.78, 5) is 26.0. The van der Waals surface area contributed by atoms with Gasteiger partial charge in [0, 0.05) is 6.42 Å². The van der Waals surface area contributed by atoms with Crippen LogP contribution >= 0.6 is 0 Å². The Hall–Kier alpha value is -2.70. The molecule has 352 valence electrons. The van der Waals surface area contributed by atoms with Gasteiger partial charge >= 0.3 is 5.97 Å². The normalized spacial score (nSPS) is 13.9. The SMILES string of the molecule is CC/C=C/C/C=C/C/C=C/C/C=C/CCCCCC(=O)OC(/C=C/C/C=C\CCCCCCCC)CC(=O)NC(CO)C(O)CCCCCCCCCCCCCCCCC. The third-order valence-corrected chi connectivity index (χ3v) is 11.3. The number of allylic oxidation sites excluding steroid dienone is 11. The fraction of sp³-hybridized carbons (Fsp3) is 0.745. The molecule has 0 aliphatic rings. The van der Waals surface area contributed by atoms with Crippen molar-refractivity contribution in [2.24, 2.45) is 0 Å². The summed E-state index contributed by atoms with van der Waals surface area (Å²) >= 11 is 0. The molecule has 0 aliphatic heterocycles. The lowest BCUT2D eigenvalue weighted by atomic mass is 10.0. The van der Waals surface area contributed by atoms with Crippen LogP contribution in [0.15, 0.2) is 72.9 Å². The Labute approximate surface area is 377 Å². The Morgan fingerprint density at radius 1 is 0.508 bits per heavy atom. The molecule has 0 saturated heterocycles. The summed E-state index contributed by atoms with van der Waals surface area (Å²) < 4.78 is 5.81. The molecular weight excluding hydrogens is 755 g/mol. The summed E-state index contributed by atoms with van der Waals surface area (Å²) in [5.41, 5.74) is 0. The van der Waals surface area contributed by atoms with E-state index in [0.29, 0.717) is 19.3 Å². The van der Waals surface area contributed by atoms with Crippen LogP contribution in [0.25, 0.3) is 0 Å². The van der Waals surface area contributed by atoms with Gasteiger partial charge in [0.15, 0.2) is 0 Å². The summed E-state index contributed by atoms with van der Waals surface area (Å²) in [7, 11) is 0. The lowest BCUT2D eigenvalue weighted by Crippen LogP contribution is -2.46. The number of carbonyl (C=O) groups excluding carboxylic acids is 2. The standard InChI is InChI=1S/C55H97NO5/c1-4-7-10-13-16-19-22-24-26-28-30-33-36-39-42-45-48-55(60)61-51(46-43-40-37-34-31-21-18-15-12-9-6-3)49-54(59)56-52(50-57)53(58)47-44-41-38-35-32-29-27-25-23-20-17-14-11-8-5-2/h7,10,16,19,24,26,30,33-34,37,43,46,51-53,57-58H,4-6,8-9,11-15,17-18,20-23,25,27-29,31-32,35-36,38-42,44-45,47-50H2,1-3H3,(H,56,59)/b10-7+,19-16+,26-24+,33-30+,37-34-,46-43+. The molecule has 3 unspecified atom stereocenters. The van der Waals surface area contributed by atoms with E-state index in [1.165, 1.54) is 116 Å². The number of esters is 1. The fourth-order valence-corrected chi connectivity index (χ4v) is 7.39. The summed E-state index contributed by atoms with van der Waals surface area (Å²) in [6.45, 7) is 6.32. The molecule has 0 aromatic heterocycles. The van der Waals surface area contributed by atoms with E-state index in [1.54, 1.807) is 0 Å². The Morgan fingerprint density at radius 2 is 0.918 bits per heavy atom. The highest BCUT2D eigenvalue weighted by molar-refractivity contribution is 5.78. The van der Waals surface area contributed by atoms with Gasteiger partial charge in [-0.3, -0.25) is 9.59 Å². The number of carbonyl (C=O) groups is 2. The molecule has 0 heterocycles. The molecule has 0 radical (unpaired) electrons. The number of amides is 1. The molecule has 6 heteroatoms. The van der Waals surface area contributed by atoms with Gasteiger partial charge in [0.05, 0.1) is 25.2 Å². The van der Waals surface area contributed by atoms with Crippen LogP contribution in [0.5, 0.6) is 0 Å². The van der Waals surface area contributed by atoms with Crippen molar-refractivity contribution in [3.05, 3.63) is 72.9 Å². The average molecular weight is 852 g/mol. The number of hydrogen-bond acceptors (Lipinski definition) is 5. The molecule has 1 amide bonds. The van der Waals surface area contributed by atoms with E-state index in [2.05, 4.69) is 86.8 Å². The fourth-order valence-electron chi connectivity index (χ4n) is 7.39. The van der Waals surface area contributed by atoms with Crippen LogP contribution in [-0.2, 0) is 14.3 Å². The second-order valence-electron chi connectivity index (χ2n) is 17.2. The van der Waals surface area contributed by atoms with Gasteiger partial charge in [0.1, 0.15) is 6.10 Å². The van der Waals surface area contributed by atoms with E-state index in [0.717, 1.165) is 77.0 Å². The maximum Gasteiger partial charge on any atom is 0.306 e. The highest BCUT2D eigenvalue weighted by Gasteiger charge is 2.23. The summed E-state index contributed by atoms with van der Waals surface area (Å²) in [6, 6.07) is -0.741. The predicted octanol–water partition coefficient (Wildman–Crippen LogP) is 15.4. The molecular formula is C55H97NO5. The number of hydrogen-bond donors (Lipinski definition) is 3. The van der Waals surface area contributed by atoms with Crippen LogP contribution in [-0.4, -0.2) is 46.9 Å². The Bertz CT molecular complexity index is 1140. The van der Waals surface area contributed by atoms with Gasteiger partial charge in [-0.05, 0) is 76.7 Å². The maximum atomic E-state index is 13.2. The summed E-state index contributed by atoms with van der Waals surface area (Å²) in [6.07, 6.45) is 61.4. The number of aliphatic hydroxyl groups is 2. The lowest BCUT2D eigenvalue weighted by Gasteiger charge is -2.23. The topological polar surface area (TPSA) is 95.9 Å². The van der Waals surface area contributed by atoms with Crippen molar-refractivity contribution in [1.29, 1.82) is 0 Å². The summed E-state index contributed by atoms with van der Waals surface area (Å²) in [5.74, 6) is -0.641. The highest BCUT2D eigenvalue weighted by Crippen LogP contribution is 2.16. The average Bonchev–Trinajstić information content (AvgIpc) is 3.25. The van der Waals surface area contributed by atoms with Gasteiger partial charge in [-0.25, -0.2) is 0 Å². The molecule has 0 rings (SSSR count). The van der Waals surface area contributed by atoms with Crippen molar-refractivity contribution in [3.8, 4) is 0 Å². The largest absolute Gasteiger partial charge is 0.458 e. The molecule has 3 atom stereocenters. The van der Waals surface area contributed by atoms with Gasteiger partial charge in [-0.15, -0.1) is 0 Å². The zero-order valence-electron chi connectivity index (χ0n) is 40.0. The van der Waals surface area contributed by atoms with E-state index in [9.17, 15) is 19.8 Å². The minimum atomic E-state index is -0.819. The number of aliphatic hydroxyl groups excluding tert-OH is 2. The molecule has 0 spiro atoms. The van der Waals surface area contributed by atoms with Gasteiger partial charge in [-0.2, -0.15) is 0 Å². The highest BCUT2D eigenvalue weighted by atomic mass is 16.5. The third kappa shape index (κ3) is 43.7. The first kappa shape index (κ1) is 58.3. The number of rotatable bonds is 45. The zero-order chi connectivity index (χ0) is 44.5. The lowest BCUT2D eigenvalue weighted by molar-refractivity contribution is -0.148. The Kier molecular flexibility index (Phi) is 46.2. The molecule has 0 aromatic rings. The molecule has 61 heavy (non-hydrogen) atoms. The van der Waals surface area contributed by atoms with Crippen LogP contribution in [0, 0.1) is 0 Å². The smallest absolute Gasteiger partial charge is 0.306 e. The molecule has 0 aromatic carbocycles. The molecule has 3 N–H and O–H groups in total. The van der Waals surface area contributed by atoms with E-state index in [1.807, 2.05) is 12.2 Å². The van der Waals surface area contributed by atoms with Crippen molar-refractivity contribution in [2.45, 2.75) is 257 Å². The van der Waals surface area contributed by atoms with E-state index >= 15 is 0 Å². The Balaban J connectivity index is 4.65. The van der Waals surface area contributed by atoms with Crippen molar-refractivity contribution in [2.75, 3.05) is 6.61 Å². The van der Waals surface area contributed by atoms with Crippen molar-refractivity contribution >= 4 is 11.9 Å². The van der Waals surface area contributed by atoms with E-state index in [-0.39, 0.29) is 24.9 Å². The second kappa shape index (κ2) is 48.3. The number of nitrogens with one attached hydrogen (secondary N) is 1. The first-order valence-corrected chi connectivity index (χ1v) is 25.7. The van der Waals surface area contributed by atoms with Crippen LogP contribution in [0.2, 0.25) is 0 Å². The first-order chi connectivity index (χ1) is 30.0. The van der Waals surface area contributed by atoms with Crippen molar-refractivity contribution in [3.63, 3.8) is 0 Å². The van der Waals surface area contributed by atoms with Gasteiger partial charge in [0.2, 0.25) is 5.91 Å². The van der Waals surface area contributed by atoms with Crippen LogP contribution in [0.1, 0.15) is 239 Å². The van der Waals surface area contributed by atoms with E-state index in [4.69, 9.17) is 4.74 Å². The quantitative estimate of drug-likeness (QED) is 0.0322. The number of ether oxygens (including phenoxy) is 1. The maximum absolute atomic E-state index is 13.2. The second-order valence-corrected chi connectivity index (χ2v) is 17.2. The zero-order valence-corrected chi connectivity index (χ0v) is 40.0. The number of unbranched alkanes of at least 4 members (excludes halogenated alkanes) is 23. The third-order valence-electron chi connectivity index (χ3n) is 11.3. The Morgan fingerprint density at radius 3 is 1.39 bits per heavy atom. The van der Waals surface area contributed by atoms with Gasteiger partial charge in [-0.1, -0.05) is 222 Å². The minimum absolute atomic E-state index is 0.0439. The first-order valence-electron chi connectivity index (χ1n) is 25.7. The molecule has 0 fully saturated rings.